The molecular formula is C16H18N6OS. The molecule has 0 unspecified atom stereocenters. The number of thiazole rings is 1. The number of aromatic amines is 1. The molecule has 0 atom stereocenters. The van der Waals surface area contributed by atoms with Gasteiger partial charge in [0.05, 0.1) is 24.0 Å². The van der Waals surface area contributed by atoms with Crippen LogP contribution in [0.3, 0.4) is 0 Å². The van der Waals surface area contributed by atoms with Gasteiger partial charge in [-0.15, -0.1) is 11.3 Å². The highest BCUT2D eigenvalue weighted by Gasteiger charge is 2.15. The van der Waals surface area contributed by atoms with E-state index in [2.05, 4.69) is 51.2 Å². The Hall–Kier alpha value is -2.61. The lowest BCUT2D eigenvalue weighted by molar-refractivity contribution is -0.115. The van der Waals surface area contributed by atoms with Crippen molar-refractivity contribution in [3.63, 3.8) is 0 Å². The molecule has 3 aromatic heterocycles. The number of aromatic nitrogens is 5. The van der Waals surface area contributed by atoms with Crippen LogP contribution in [0.25, 0.3) is 10.8 Å². The Bertz CT molecular complexity index is 817. The van der Waals surface area contributed by atoms with Crippen LogP contribution in [-0.4, -0.2) is 31.1 Å². The average Bonchev–Trinajstić information content (AvgIpc) is 3.17. The molecule has 0 aliphatic carbocycles. The van der Waals surface area contributed by atoms with Gasteiger partial charge in [-0.05, 0) is 12.1 Å². The van der Waals surface area contributed by atoms with Gasteiger partial charge >= 0.3 is 0 Å². The van der Waals surface area contributed by atoms with E-state index in [1.807, 2.05) is 17.5 Å². The zero-order chi connectivity index (χ0) is 17.2. The summed E-state index contributed by atoms with van der Waals surface area (Å²) in [5.41, 5.74) is 2.35. The molecule has 3 rings (SSSR count). The normalized spacial score (nSPS) is 11.5. The van der Waals surface area contributed by atoms with Gasteiger partial charge in [0, 0.05) is 16.5 Å². The first-order valence-electron chi connectivity index (χ1n) is 7.48. The van der Waals surface area contributed by atoms with E-state index in [4.69, 9.17) is 0 Å². The van der Waals surface area contributed by atoms with Gasteiger partial charge in [-0.2, -0.15) is 5.10 Å². The lowest BCUT2D eigenvalue weighted by Gasteiger charge is -2.17. The van der Waals surface area contributed by atoms with Gasteiger partial charge < -0.3 is 5.32 Å². The van der Waals surface area contributed by atoms with Crippen molar-refractivity contribution in [1.82, 2.24) is 25.1 Å². The van der Waals surface area contributed by atoms with Gasteiger partial charge in [0.15, 0.2) is 10.8 Å². The highest BCUT2D eigenvalue weighted by atomic mass is 32.1. The number of hydrogen-bond donors (Lipinski definition) is 2. The summed E-state index contributed by atoms with van der Waals surface area (Å²) in [7, 11) is 0. The van der Waals surface area contributed by atoms with E-state index < -0.39 is 0 Å². The second-order valence-corrected chi connectivity index (χ2v) is 7.24. The van der Waals surface area contributed by atoms with E-state index in [9.17, 15) is 4.79 Å². The van der Waals surface area contributed by atoms with Crippen LogP contribution in [0.4, 0.5) is 5.69 Å². The lowest BCUT2D eigenvalue weighted by Crippen LogP contribution is -2.16. The molecule has 0 saturated carbocycles. The molecule has 0 saturated heterocycles. The Morgan fingerprint density at radius 1 is 1.29 bits per heavy atom. The van der Waals surface area contributed by atoms with Gasteiger partial charge in [0.1, 0.15) is 6.33 Å². The van der Waals surface area contributed by atoms with Gasteiger partial charge in [0.25, 0.3) is 0 Å². The van der Waals surface area contributed by atoms with Crippen LogP contribution in [0.5, 0.6) is 0 Å². The van der Waals surface area contributed by atoms with Crippen LogP contribution in [0.1, 0.15) is 32.2 Å². The molecule has 24 heavy (non-hydrogen) atoms. The molecule has 124 valence electrons. The van der Waals surface area contributed by atoms with E-state index in [1.165, 1.54) is 17.7 Å². The molecule has 0 radical (unpaired) electrons. The summed E-state index contributed by atoms with van der Waals surface area (Å²) in [6.45, 7) is 6.30. The van der Waals surface area contributed by atoms with Crippen molar-refractivity contribution in [2.24, 2.45) is 0 Å². The van der Waals surface area contributed by atoms with Crippen LogP contribution in [0.2, 0.25) is 0 Å². The number of anilines is 1. The number of nitrogens with one attached hydrogen (secondary N) is 2. The fourth-order valence-electron chi connectivity index (χ4n) is 2.09. The average molecular weight is 342 g/mol. The summed E-state index contributed by atoms with van der Waals surface area (Å²) in [6, 6.07) is 3.80. The summed E-state index contributed by atoms with van der Waals surface area (Å²) >= 11 is 1.42. The Labute approximate surface area is 143 Å². The molecule has 7 nitrogen and oxygen atoms in total. The molecule has 0 bridgehead atoms. The number of pyridine rings is 1. The van der Waals surface area contributed by atoms with E-state index in [-0.39, 0.29) is 17.7 Å². The smallest absolute Gasteiger partial charge is 0.230 e. The molecule has 3 aromatic rings. The maximum Gasteiger partial charge on any atom is 0.230 e. The number of hydrogen-bond acceptors (Lipinski definition) is 6. The van der Waals surface area contributed by atoms with Crippen molar-refractivity contribution in [3.8, 4) is 10.8 Å². The fraction of sp³-hybridized carbons (Fsp3) is 0.312. The van der Waals surface area contributed by atoms with Crippen LogP contribution < -0.4 is 5.32 Å². The molecule has 2 N–H and O–H groups in total. The van der Waals surface area contributed by atoms with E-state index in [0.717, 1.165) is 5.69 Å². The van der Waals surface area contributed by atoms with E-state index >= 15 is 0 Å². The molecule has 0 aliphatic heterocycles. The Morgan fingerprint density at radius 2 is 2.12 bits per heavy atom. The maximum atomic E-state index is 12.1. The first-order valence-corrected chi connectivity index (χ1v) is 8.36. The first-order chi connectivity index (χ1) is 11.4. The topological polar surface area (TPSA) is 96.5 Å². The maximum absolute atomic E-state index is 12.1. The largest absolute Gasteiger partial charge is 0.324 e. The van der Waals surface area contributed by atoms with Crippen molar-refractivity contribution in [2.75, 3.05) is 5.32 Å². The Balaban J connectivity index is 1.62. The minimum atomic E-state index is -0.130. The van der Waals surface area contributed by atoms with Crippen molar-refractivity contribution >= 4 is 22.9 Å². The summed E-state index contributed by atoms with van der Waals surface area (Å²) in [5, 5.41) is 11.9. The number of carbonyl (C=O) groups excluding carboxylic acids is 1. The quantitative estimate of drug-likeness (QED) is 0.760. The van der Waals surface area contributed by atoms with Gasteiger partial charge in [-0.1, -0.05) is 20.8 Å². The van der Waals surface area contributed by atoms with Crippen molar-refractivity contribution < 1.29 is 4.79 Å². The third-order valence-corrected chi connectivity index (χ3v) is 4.22. The first kappa shape index (κ1) is 16.3. The van der Waals surface area contributed by atoms with Crippen LogP contribution >= 0.6 is 11.3 Å². The lowest BCUT2D eigenvalue weighted by atomic mass is 9.92. The van der Waals surface area contributed by atoms with Crippen LogP contribution in [0, 0.1) is 0 Å². The molecular weight excluding hydrogens is 324 g/mol. The molecule has 0 fully saturated rings. The third-order valence-electron chi connectivity index (χ3n) is 3.33. The summed E-state index contributed by atoms with van der Waals surface area (Å²) in [4.78, 5) is 25.0. The van der Waals surface area contributed by atoms with Gasteiger partial charge in [-0.25, -0.2) is 9.97 Å². The summed E-state index contributed by atoms with van der Waals surface area (Å²) < 4.78 is 0. The minimum absolute atomic E-state index is 0.0136. The zero-order valence-corrected chi connectivity index (χ0v) is 14.5. The van der Waals surface area contributed by atoms with Crippen LogP contribution in [-0.2, 0) is 16.6 Å². The second kappa shape index (κ2) is 6.48. The van der Waals surface area contributed by atoms with Crippen LogP contribution in [0.15, 0.2) is 30.0 Å². The number of carbonyl (C=O) groups is 1. The molecule has 0 aromatic carbocycles. The zero-order valence-electron chi connectivity index (χ0n) is 13.7. The number of H-pyrrole nitrogens is 1. The Kier molecular flexibility index (Phi) is 4.39. The molecule has 8 heteroatoms. The fourth-order valence-corrected chi connectivity index (χ4v) is 2.85. The van der Waals surface area contributed by atoms with E-state index in [1.54, 1.807) is 6.20 Å². The molecule has 0 aliphatic rings. The number of amides is 1. The molecule has 1 amide bonds. The summed E-state index contributed by atoms with van der Waals surface area (Å²) in [6.07, 6.45) is 3.31. The second-order valence-electron chi connectivity index (χ2n) is 6.39. The SMILES string of the molecule is CC(C)(C)c1ccc(NC(=O)Cc2csc(-c3ncn[nH]3)n2)cn1. The highest BCUT2D eigenvalue weighted by Crippen LogP contribution is 2.22. The van der Waals surface area contributed by atoms with E-state index in [0.29, 0.717) is 22.2 Å². The van der Waals surface area contributed by atoms with Gasteiger partial charge in [0.2, 0.25) is 5.91 Å². The van der Waals surface area contributed by atoms with Crippen molar-refractivity contribution in [1.29, 1.82) is 0 Å². The predicted molar refractivity (Wildman–Crippen MR) is 92.8 cm³/mol. The molecule has 3 heterocycles. The number of rotatable bonds is 4. The number of nitrogens with zero attached hydrogens (tertiary/aromatic N) is 4. The van der Waals surface area contributed by atoms with Crippen molar-refractivity contribution in [2.45, 2.75) is 32.6 Å². The third kappa shape index (κ3) is 3.83. The standard InChI is InChI=1S/C16H18N6OS/c1-16(2,3)12-5-4-10(7-17-12)20-13(23)6-11-8-24-15(21-11)14-18-9-19-22-14/h4-5,7-9H,6H2,1-3H3,(H,20,23)(H,18,19,22). The predicted octanol–water partition coefficient (Wildman–Crippen LogP) is 2.80. The molecule has 0 spiro atoms. The monoisotopic (exact) mass is 342 g/mol. The summed E-state index contributed by atoms with van der Waals surface area (Å²) in [5.74, 6) is 0.475. The minimum Gasteiger partial charge on any atom is -0.324 e. The van der Waals surface area contributed by atoms with Gasteiger partial charge in [-0.3, -0.25) is 14.9 Å². The highest BCUT2D eigenvalue weighted by molar-refractivity contribution is 7.13. The van der Waals surface area contributed by atoms with Crippen molar-refractivity contribution in [3.05, 3.63) is 41.4 Å². The Morgan fingerprint density at radius 3 is 2.75 bits per heavy atom.